The summed E-state index contributed by atoms with van der Waals surface area (Å²) in [7, 11) is 0. The highest BCUT2D eigenvalue weighted by Gasteiger charge is 2.16. The molecule has 0 N–H and O–H groups in total. The van der Waals surface area contributed by atoms with Crippen LogP contribution < -0.4 is 4.74 Å². The standard InChI is InChI=1S/C17H16FNO/c1-17(2,3)13-6-9-16(15(18)10-13)20-14-7-4-12(11-19)5-8-14/h4-10H,1-3H3. The van der Waals surface area contributed by atoms with Crippen molar-refractivity contribution >= 4 is 0 Å². The maximum absolute atomic E-state index is 14.0. The predicted molar refractivity (Wildman–Crippen MR) is 76.3 cm³/mol. The van der Waals surface area contributed by atoms with Gasteiger partial charge in [-0.2, -0.15) is 5.26 Å². The SMILES string of the molecule is CC(C)(C)c1ccc(Oc2ccc(C#N)cc2)c(F)c1. The van der Waals surface area contributed by atoms with Gasteiger partial charge in [-0.15, -0.1) is 0 Å². The van der Waals surface area contributed by atoms with Gasteiger partial charge in [0.25, 0.3) is 0 Å². The molecule has 2 nitrogen and oxygen atoms in total. The molecule has 0 radical (unpaired) electrons. The first-order valence-electron chi connectivity index (χ1n) is 6.38. The highest BCUT2D eigenvalue weighted by Crippen LogP contribution is 2.29. The number of nitriles is 1. The third kappa shape index (κ3) is 3.16. The number of ether oxygens (including phenoxy) is 1. The smallest absolute Gasteiger partial charge is 0.166 e. The van der Waals surface area contributed by atoms with Gasteiger partial charge in [-0.05, 0) is 47.4 Å². The molecule has 20 heavy (non-hydrogen) atoms. The summed E-state index contributed by atoms with van der Waals surface area (Å²) >= 11 is 0. The lowest BCUT2D eigenvalue weighted by molar-refractivity contribution is 0.439. The zero-order valence-corrected chi connectivity index (χ0v) is 11.8. The molecule has 0 aliphatic carbocycles. The summed E-state index contributed by atoms with van der Waals surface area (Å²) < 4.78 is 19.5. The average Bonchev–Trinajstić information content (AvgIpc) is 2.41. The number of hydrogen-bond donors (Lipinski definition) is 0. The monoisotopic (exact) mass is 269 g/mol. The average molecular weight is 269 g/mol. The molecule has 0 saturated heterocycles. The van der Waals surface area contributed by atoms with Crippen LogP contribution in [-0.4, -0.2) is 0 Å². The van der Waals surface area contributed by atoms with E-state index in [4.69, 9.17) is 10.00 Å². The molecule has 0 spiro atoms. The number of benzene rings is 2. The molecule has 0 aliphatic rings. The first-order chi connectivity index (χ1) is 9.40. The van der Waals surface area contributed by atoms with Gasteiger partial charge in [-0.3, -0.25) is 0 Å². The van der Waals surface area contributed by atoms with Crippen LogP contribution in [0.2, 0.25) is 0 Å². The van der Waals surface area contributed by atoms with Crippen molar-refractivity contribution in [3.8, 4) is 17.6 Å². The zero-order chi connectivity index (χ0) is 14.8. The Morgan fingerprint density at radius 3 is 2.20 bits per heavy atom. The zero-order valence-electron chi connectivity index (χ0n) is 11.8. The lowest BCUT2D eigenvalue weighted by Crippen LogP contribution is -2.11. The van der Waals surface area contributed by atoms with E-state index >= 15 is 0 Å². The van der Waals surface area contributed by atoms with Gasteiger partial charge in [0.15, 0.2) is 11.6 Å². The topological polar surface area (TPSA) is 33.0 Å². The number of rotatable bonds is 2. The first-order valence-corrected chi connectivity index (χ1v) is 6.38. The fourth-order valence-corrected chi connectivity index (χ4v) is 1.77. The van der Waals surface area contributed by atoms with Crippen LogP contribution in [0.15, 0.2) is 42.5 Å². The molecule has 0 unspecified atom stereocenters. The van der Waals surface area contributed by atoms with Gasteiger partial charge in [0.2, 0.25) is 0 Å². The molecule has 0 bridgehead atoms. The van der Waals surface area contributed by atoms with E-state index in [1.807, 2.05) is 32.9 Å². The fourth-order valence-electron chi connectivity index (χ4n) is 1.77. The molecule has 0 heterocycles. The third-order valence-electron chi connectivity index (χ3n) is 3.01. The lowest BCUT2D eigenvalue weighted by atomic mass is 9.87. The van der Waals surface area contributed by atoms with E-state index in [9.17, 15) is 4.39 Å². The summed E-state index contributed by atoms with van der Waals surface area (Å²) in [5, 5.41) is 8.72. The minimum atomic E-state index is -0.387. The molecule has 0 amide bonds. The summed E-state index contributed by atoms with van der Waals surface area (Å²) in [6.45, 7) is 6.09. The van der Waals surface area contributed by atoms with E-state index in [1.165, 1.54) is 6.07 Å². The molecule has 3 heteroatoms. The van der Waals surface area contributed by atoms with Gasteiger partial charge >= 0.3 is 0 Å². The number of halogens is 1. The van der Waals surface area contributed by atoms with Gasteiger partial charge in [-0.1, -0.05) is 26.8 Å². The minimum absolute atomic E-state index is 0.103. The Bertz CT molecular complexity index is 648. The molecular weight excluding hydrogens is 253 g/mol. The van der Waals surface area contributed by atoms with E-state index in [1.54, 1.807) is 30.3 Å². The quantitative estimate of drug-likeness (QED) is 0.785. The molecule has 2 rings (SSSR count). The first kappa shape index (κ1) is 14.1. The van der Waals surface area contributed by atoms with Crippen molar-refractivity contribution in [2.75, 3.05) is 0 Å². The van der Waals surface area contributed by atoms with Crippen molar-refractivity contribution in [1.82, 2.24) is 0 Å². The Hall–Kier alpha value is -2.34. The Morgan fingerprint density at radius 2 is 1.70 bits per heavy atom. The van der Waals surface area contributed by atoms with Crippen LogP contribution >= 0.6 is 0 Å². The second-order valence-electron chi connectivity index (χ2n) is 5.63. The normalized spacial score (nSPS) is 10.9. The molecule has 0 atom stereocenters. The molecule has 0 fully saturated rings. The van der Waals surface area contributed by atoms with Gasteiger partial charge < -0.3 is 4.74 Å². The van der Waals surface area contributed by atoms with Gasteiger partial charge in [0.1, 0.15) is 5.75 Å². The molecule has 102 valence electrons. The van der Waals surface area contributed by atoms with Crippen molar-refractivity contribution in [3.63, 3.8) is 0 Å². The maximum Gasteiger partial charge on any atom is 0.166 e. The van der Waals surface area contributed by atoms with Crippen LogP contribution in [0.4, 0.5) is 4.39 Å². The summed E-state index contributed by atoms with van der Waals surface area (Å²) in [6, 6.07) is 13.6. The van der Waals surface area contributed by atoms with Crippen LogP contribution in [0.3, 0.4) is 0 Å². The van der Waals surface area contributed by atoms with Crippen molar-refractivity contribution in [2.45, 2.75) is 26.2 Å². The number of hydrogen-bond acceptors (Lipinski definition) is 2. The molecular formula is C17H16FNO. The van der Waals surface area contributed by atoms with E-state index < -0.39 is 0 Å². The highest BCUT2D eigenvalue weighted by molar-refractivity contribution is 5.39. The van der Waals surface area contributed by atoms with Gasteiger partial charge in [0.05, 0.1) is 11.6 Å². The van der Waals surface area contributed by atoms with Gasteiger partial charge in [0, 0.05) is 0 Å². The molecule has 0 aromatic heterocycles. The minimum Gasteiger partial charge on any atom is -0.454 e. The highest BCUT2D eigenvalue weighted by atomic mass is 19.1. The van der Waals surface area contributed by atoms with Crippen LogP contribution in [0.1, 0.15) is 31.9 Å². The molecule has 2 aromatic carbocycles. The molecule has 0 saturated carbocycles. The Balaban J connectivity index is 2.23. The van der Waals surface area contributed by atoms with Crippen LogP contribution in [0, 0.1) is 17.1 Å². The predicted octanol–water partition coefficient (Wildman–Crippen LogP) is 4.79. The largest absolute Gasteiger partial charge is 0.454 e. The second-order valence-corrected chi connectivity index (χ2v) is 5.63. The summed E-state index contributed by atoms with van der Waals surface area (Å²) in [6.07, 6.45) is 0. The van der Waals surface area contributed by atoms with Crippen molar-refractivity contribution in [1.29, 1.82) is 5.26 Å². The van der Waals surface area contributed by atoms with E-state index in [0.717, 1.165) is 5.56 Å². The van der Waals surface area contributed by atoms with Gasteiger partial charge in [-0.25, -0.2) is 4.39 Å². The molecule has 2 aromatic rings. The van der Waals surface area contributed by atoms with Crippen LogP contribution in [0.5, 0.6) is 11.5 Å². The van der Waals surface area contributed by atoms with E-state index in [0.29, 0.717) is 11.3 Å². The maximum atomic E-state index is 14.0. The van der Waals surface area contributed by atoms with E-state index in [-0.39, 0.29) is 17.0 Å². The van der Waals surface area contributed by atoms with E-state index in [2.05, 4.69) is 0 Å². The lowest BCUT2D eigenvalue weighted by Gasteiger charge is -2.19. The van der Waals surface area contributed by atoms with Crippen molar-refractivity contribution < 1.29 is 9.13 Å². The van der Waals surface area contributed by atoms with Crippen LogP contribution in [-0.2, 0) is 5.41 Å². The Kier molecular flexibility index (Phi) is 3.76. The molecule has 0 aliphatic heterocycles. The third-order valence-corrected chi connectivity index (χ3v) is 3.01. The van der Waals surface area contributed by atoms with Crippen molar-refractivity contribution in [3.05, 3.63) is 59.4 Å². The number of nitrogens with zero attached hydrogens (tertiary/aromatic N) is 1. The summed E-state index contributed by atoms with van der Waals surface area (Å²) in [4.78, 5) is 0. The summed E-state index contributed by atoms with van der Waals surface area (Å²) in [5.74, 6) is 0.302. The Labute approximate surface area is 118 Å². The van der Waals surface area contributed by atoms with Crippen LogP contribution in [0.25, 0.3) is 0 Å². The van der Waals surface area contributed by atoms with Crippen molar-refractivity contribution in [2.24, 2.45) is 0 Å². The Morgan fingerprint density at radius 1 is 1.05 bits per heavy atom. The fraction of sp³-hybridized carbons (Fsp3) is 0.235. The second kappa shape index (κ2) is 5.34. The summed E-state index contributed by atoms with van der Waals surface area (Å²) in [5.41, 5.74) is 1.36.